The third kappa shape index (κ3) is 7.91. The second-order valence-electron chi connectivity index (χ2n) is 14.4. The summed E-state index contributed by atoms with van der Waals surface area (Å²) in [5.74, 6) is 1.84. The molecule has 2 aromatic rings. The minimum Gasteiger partial charge on any atom is -0.353 e. The molecule has 4 rings (SSSR count). The minimum absolute atomic E-state index is 0.455. The molecule has 0 amide bonds. The Kier molecular flexibility index (Phi) is 12.3. The lowest BCUT2D eigenvalue weighted by Crippen LogP contribution is -2.45. The van der Waals surface area contributed by atoms with Crippen LogP contribution < -0.4 is 9.13 Å². The van der Waals surface area contributed by atoms with Crippen LogP contribution in [0, 0.1) is 6.67 Å². The summed E-state index contributed by atoms with van der Waals surface area (Å²) in [7, 11) is 0.455. The van der Waals surface area contributed by atoms with Crippen molar-refractivity contribution in [2.45, 2.75) is 140 Å². The van der Waals surface area contributed by atoms with Crippen molar-refractivity contribution in [1.82, 2.24) is 9.80 Å². The standard InChI is InChI=1S/C29H40N2Si.C11H20N2/c1-18(2)24-13-11-14-25(19(3)4)28(24)30-22(9)17-23(10)31(32-30)29-26(20(5)6)15-12-16-27(29)21(7)8;1-8(2)12-7-13(9(3)4)11(6)10(12)5/h11-21H,9H2,1-8,10H3;8-9H,1-6H3. The SMILES string of the molecule is C=C1C=C(C)N(c2c(C(C)C)cccc2C(C)C)[Si]N1c1c(C(C)C)cccc1C(C)C.CC1=C(C)N(C(C)C)[C]N1C(C)C. The van der Waals surface area contributed by atoms with Gasteiger partial charge in [-0.3, -0.25) is 0 Å². The van der Waals surface area contributed by atoms with Gasteiger partial charge >= 0.3 is 9.84 Å². The van der Waals surface area contributed by atoms with Gasteiger partial charge in [0.15, 0.2) is 0 Å². The van der Waals surface area contributed by atoms with Gasteiger partial charge in [0.25, 0.3) is 0 Å². The van der Waals surface area contributed by atoms with Gasteiger partial charge in [-0.15, -0.1) is 0 Å². The first-order chi connectivity index (χ1) is 21.0. The number of allylic oxidation sites excluding steroid dienone is 4. The molecule has 0 bridgehead atoms. The van der Waals surface area contributed by atoms with Crippen molar-refractivity contribution in [2.75, 3.05) is 9.13 Å². The number of hydrogen-bond acceptors (Lipinski definition) is 4. The Morgan fingerprint density at radius 2 is 0.889 bits per heavy atom. The molecule has 45 heavy (non-hydrogen) atoms. The zero-order chi connectivity index (χ0) is 33.9. The van der Waals surface area contributed by atoms with Gasteiger partial charge in [0.1, 0.15) is 0 Å². The van der Waals surface area contributed by atoms with E-state index in [9.17, 15) is 0 Å². The maximum absolute atomic E-state index is 4.50. The van der Waals surface area contributed by atoms with E-state index in [0.29, 0.717) is 45.6 Å². The first-order valence-corrected chi connectivity index (χ1v) is 17.9. The highest BCUT2D eigenvalue weighted by Crippen LogP contribution is 2.42. The smallest absolute Gasteiger partial charge is 0.342 e. The van der Waals surface area contributed by atoms with Crippen LogP contribution in [-0.2, 0) is 0 Å². The fraction of sp³-hybridized carbons (Fsp3) is 0.525. The summed E-state index contributed by atoms with van der Waals surface area (Å²) in [6.45, 7) is 41.6. The summed E-state index contributed by atoms with van der Waals surface area (Å²) in [5.41, 5.74) is 13.4. The monoisotopic (exact) mass is 624 g/mol. The van der Waals surface area contributed by atoms with Crippen molar-refractivity contribution in [3.05, 3.63) is 101 Å². The number of rotatable bonds is 8. The van der Waals surface area contributed by atoms with Gasteiger partial charge in [-0.2, -0.15) is 0 Å². The van der Waals surface area contributed by atoms with Crippen LogP contribution in [0.1, 0.15) is 150 Å². The topological polar surface area (TPSA) is 13.0 Å². The maximum Gasteiger partial charge on any atom is 0.342 e. The number of hydrogen-bond donors (Lipinski definition) is 0. The van der Waals surface area contributed by atoms with Crippen molar-refractivity contribution >= 4 is 21.2 Å². The van der Waals surface area contributed by atoms with Gasteiger partial charge in [-0.05, 0) is 100 Å². The Labute approximate surface area is 279 Å². The van der Waals surface area contributed by atoms with E-state index < -0.39 is 0 Å². The molecule has 0 saturated heterocycles. The molecule has 0 unspecified atom stereocenters. The van der Waals surface area contributed by atoms with Crippen LogP contribution in [0.2, 0.25) is 0 Å². The van der Waals surface area contributed by atoms with Gasteiger partial charge in [0, 0.05) is 46.2 Å². The lowest BCUT2D eigenvalue weighted by atomic mass is 9.92. The van der Waals surface area contributed by atoms with Gasteiger partial charge < -0.3 is 18.9 Å². The zero-order valence-electron chi connectivity index (χ0n) is 31.0. The Morgan fingerprint density at radius 3 is 1.18 bits per heavy atom. The van der Waals surface area contributed by atoms with E-state index in [0.717, 1.165) is 5.70 Å². The maximum atomic E-state index is 4.50. The fourth-order valence-electron chi connectivity index (χ4n) is 6.19. The molecule has 0 atom stereocenters. The first-order valence-electron chi connectivity index (χ1n) is 17.0. The van der Waals surface area contributed by atoms with Gasteiger partial charge in [0.05, 0.1) is 0 Å². The largest absolute Gasteiger partial charge is 0.353 e. The predicted octanol–water partition coefficient (Wildman–Crippen LogP) is 11.1. The summed E-state index contributed by atoms with van der Waals surface area (Å²) < 4.78 is 5.01. The average Bonchev–Trinajstić information content (AvgIpc) is 3.27. The molecular formula is C40H60N4Si. The van der Waals surface area contributed by atoms with E-state index >= 15 is 0 Å². The molecule has 0 aromatic heterocycles. The minimum atomic E-state index is 0.455. The van der Waals surface area contributed by atoms with Crippen LogP contribution in [0.4, 0.5) is 11.4 Å². The highest BCUT2D eigenvalue weighted by molar-refractivity contribution is 6.50. The van der Waals surface area contributed by atoms with Crippen LogP contribution >= 0.6 is 0 Å². The summed E-state index contributed by atoms with van der Waals surface area (Å²) in [4.78, 5) is 4.41. The highest BCUT2D eigenvalue weighted by Gasteiger charge is 2.31. The molecule has 0 fully saturated rings. The van der Waals surface area contributed by atoms with Crippen molar-refractivity contribution in [3.8, 4) is 0 Å². The van der Waals surface area contributed by atoms with Crippen LogP contribution in [0.15, 0.2) is 71.8 Å². The van der Waals surface area contributed by atoms with Gasteiger partial charge in [-0.25, -0.2) is 0 Å². The van der Waals surface area contributed by atoms with Crippen molar-refractivity contribution < 1.29 is 0 Å². The van der Waals surface area contributed by atoms with Crippen molar-refractivity contribution in [2.24, 2.45) is 0 Å². The number of para-hydroxylation sites is 2. The molecule has 0 aliphatic carbocycles. The Balaban J connectivity index is 0.000000355. The summed E-state index contributed by atoms with van der Waals surface area (Å²) in [6, 6.07) is 14.6. The Bertz CT molecular complexity index is 1320. The van der Waals surface area contributed by atoms with Gasteiger partial charge in [0.2, 0.25) is 6.67 Å². The van der Waals surface area contributed by atoms with E-state index in [1.165, 1.54) is 50.7 Å². The third-order valence-corrected chi connectivity index (χ3v) is 10.3. The summed E-state index contributed by atoms with van der Waals surface area (Å²) in [5, 5.41) is 0. The Hall–Kier alpha value is -2.92. The zero-order valence-corrected chi connectivity index (χ0v) is 32.0. The van der Waals surface area contributed by atoms with E-state index in [4.69, 9.17) is 0 Å². The molecule has 2 aliphatic heterocycles. The van der Waals surface area contributed by atoms with Crippen molar-refractivity contribution in [1.29, 1.82) is 0 Å². The lowest BCUT2D eigenvalue weighted by Gasteiger charge is -2.41. The second kappa shape index (κ2) is 15.1. The molecule has 0 N–H and O–H groups in total. The molecule has 4 nitrogen and oxygen atoms in total. The summed E-state index contributed by atoms with van der Waals surface area (Å²) >= 11 is 0. The lowest BCUT2D eigenvalue weighted by molar-refractivity contribution is 0.256. The number of nitrogens with zero attached hydrogens (tertiary/aromatic N) is 4. The summed E-state index contributed by atoms with van der Waals surface area (Å²) in [6.07, 6.45) is 2.26. The molecule has 2 heterocycles. The number of benzene rings is 2. The molecule has 2 aromatic carbocycles. The second-order valence-corrected chi connectivity index (χ2v) is 15.5. The van der Waals surface area contributed by atoms with E-state index in [2.05, 4.69) is 179 Å². The highest BCUT2D eigenvalue weighted by atomic mass is 28.2. The molecule has 2 aliphatic rings. The van der Waals surface area contributed by atoms with Crippen LogP contribution in [-0.4, -0.2) is 31.7 Å². The average molecular weight is 625 g/mol. The molecule has 5 heteroatoms. The molecule has 244 valence electrons. The van der Waals surface area contributed by atoms with Crippen molar-refractivity contribution in [3.63, 3.8) is 0 Å². The quantitative estimate of drug-likeness (QED) is 0.271. The third-order valence-electron chi connectivity index (χ3n) is 8.84. The van der Waals surface area contributed by atoms with Crippen LogP contribution in [0.25, 0.3) is 0 Å². The molecule has 0 saturated carbocycles. The number of anilines is 2. The van der Waals surface area contributed by atoms with E-state index in [1.54, 1.807) is 0 Å². The molecule has 4 radical (unpaired) electrons. The predicted molar refractivity (Wildman–Crippen MR) is 198 cm³/mol. The molecule has 0 spiro atoms. The van der Waals surface area contributed by atoms with Gasteiger partial charge in [-0.1, -0.05) is 98.4 Å². The normalized spacial score (nSPS) is 15.9. The first kappa shape index (κ1) is 36.5. The fourth-order valence-corrected chi connectivity index (χ4v) is 7.53. The Morgan fingerprint density at radius 1 is 0.556 bits per heavy atom. The van der Waals surface area contributed by atoms with Crippen LogP contribution in [0.5, 0.6) is 0 Å². The van der Waals surface area contributed by atoms with Crippen LogP contribution in [0.3, 0.4) is 0 Å². The van der Waals surface area contributed by atoms with E-state index in [1.807, 2.05) is 0 Å². The molecular weight excluding hydrogens is 565 g/mol. The van der Waals surface area contributed by atoms with E-state index in [-0.39, 0.29) is 0 Å².